The van der Waals surface area contributed by atoms with Gasteiger partial charge in [-0.25, -0.2) is 0 Å². The maximum absolute atomic E-state index is 11.6. The standard InChI is InChI=1S/C13H16O3/c14-12-8-4-7-11(12)13(15)16-9-10-5-2-1-3-6-10/h1-3,5-6,11-12,14H,4,7-9H2. The molecule has 1 saturated carbocycles. The van der Waals surface area contributed by atoms with Crippen LogP contribution in [0.3, 0.4) is 0 Å². The van der Waals surface area contributed by atoms with Crippen molar-refractivity contribution in [3.05, 3.63) is 35.9 Å². The van der Waals surface area contributed by atoms with Crippen LogP contribution in [0.4, 0.5) is 0 Å². The minimum absolute atomic E-state index is 0.270. The summed E-state index contributed by atoms with van der Waals surface area (Å²) >= 11 is 0. The first-order valence-electron chi connectivity index (χ1n) is 5.66. The van der Waals surface area contributed by atoms with Crippen LogP contribution >= 0.6 is 0 Å². The largest absolute Gasteiger partial charge is 0.461 e. The van der Waals surface area contributed by atoms with Crippen LogP contribution in [0.5, 0.6) is 0 Å². The van der Waals surface area contributed by atoms with Crippen molar-refractivity contribution in [1.29, 1.82) is 0 Å². The van der Waals surface area contributed by atoms with Crippen molar-refractivity contribution in [3.8, 4) is 0 Å². The van der Waals surface area contributed by atoms with Crippen LogP contribution in [0.1, 0.15) is 24.8 Å². The first kappa shape index (κ1) is 11.1. The molecule has 1 fully saturated rings. The Morgan fingerprint density at radius 2 is 2.06 bits per heavy atom. The van der Waals surface area contributed by atoms with Crippen LogP contribution in [0, 0.1) is 5.92 Å². The Morgan fingerprint density at radius 3 is 2.69 bits per heavy atom. The van der Waals surface area contributed by atoms with Crippen molar-refractivity contribution in [2.24, 2.45) is 5.92 Å². The van der Waals surface area contributed by atoms with Gasteiger partial charge in [0.05, 0.1) is 12.0 Å². The Balaban J connectivity index is 1.84. The third kappa shape index (κ3) is 2.61. The third-order valence-corrected chi connectivity index (χ3v) is 3.01. The zero-order valence-electron chi connectivity index (χ0n) is 9.13. The molecule has 86 valence electrons. The topological polar surface area (TPSA) is 46.5 Å². The van der Waals surface area contributed by atoms with Crippen molar-refractivity contribution in [1.82, 2.24) is 0 Å². The highest BCUT2D eigenvalue weighted by Crippen LogP contribution is 2.26. The summed E-state index contributed by atoms with van der Waals surface area (Å²) in [4.78, 5) is 11.6. The van der Waals surface area contributed by atoms with Crippen LogP contribution < -0.4 is 0 Å². The Hall–Kier alpha value is -1.35. The number of aliphatic hydroxyl groups is 1. The number of ether oxygens (including phenoxy) is 1. The Bertz CT molecular complexity index is 347. The zero-order chi connectivity index (χ0) is 11.4. The van der Waals surface area contributed by atoms with Crippen LogP contribution in [0.25, 0.3) is 0 Å². The van der Waals surface area contributed by atoms with E-state index in [9.17, 15) is 9.90 Å². The van der Waals surface area contributed by atoms with Gasteiger partial charge in [0, 0.05) is 0 Å². The molecule has 0 heterocycles. The van der Waals surface area contributed by atoms with E-state index in [0.29, 0.717) is 13.0 Å². The molecule has 0 saturated heterocycles. The summed E-state index contributed by atoms with van der Waals surface area (Å²) in [6, 6.07) is 9.57. The van der Waals surface area contributed by atoms with E-state index in [1.54, 1.807) is 0 Å². The number of carbonyl (C=O) groups is 1. The number of aliphatic hydroxyl groups excluding tert-OH is 1. The molecule has 2 rings (SSSR count). The van der Waals surface area contributed by atoms with Gasteiger partial charge in [0.2, 0.25) is 0 Å². The molecule has 0 amide bonds. The molecule has 2 unspecified atom stereocenters. The number of esters is 1. The second kappa shape index (κ2) is 5.12. The van der Waals surface area contributed by atoms with Crippen molar-refractivity contribution in [2.45, 2.75) is 32.0 Å². The quantitative estimate of drug-likeness (QED) is 0.791. The Labute approximate surface area is 95.0 Å². The molecule has 1 aromatic carbocycles. The fraction of sp³-hybridized carbons (Fsp3) is 0.462. The maximum atomic E-state index is 11.6. The summed E-state index contributed by atoms with van der Waals surface area (Å²) in [5.74, 6) is -0.586. The summed E-state index contributed by atoms with van der Waals surface area (Å²) in [7, 11) is 0. The van der Waals surface area contributed by atoms with E-state index in [1.807, 2.05) is 30.3 Å². The SMILES string of the molecule is O=C(OCc1ccccc1)C1CCCC1O. The van der Waals surface area contributed by atoms with E-state index in [2.05, 4.69) is 0 Å². The molecular formula is C13H16O3. The van der Waals surface area contributed by atoms with Crippen molar-refractivity contribution in [3.63, 3.8) is 0 Å². The van der Waals surface area contributed by atoms with Gasteiger partial charge in [0.25, 0.3) is 0 Å². The normalized spacial score (nSPS) is 24.3. The zero-order valence-corrected chi connectivity index (χ0v) is 9.13. The molecule has 0 radical (unpaired) electrons. The molecule has 3 heteroatoms. The fourth-order valence-electron chi connectivity index (χ4n) is 2.05. The summed E-state index contributed by atoms with van der Waals surface area (Å²) < 4.78 is 5.18. The lowest BCUT2D eigenvalue weighted by Gasteiger charge is -2.13. The molecular weight excluding hydrogens is 204 g/mol. The molecule has 0 aromatic heterocycles. The molecule has 0 aliphatic heterocycles. The monoisotopic (exact) mass is 220 g/mol. The van der Waals surface area contributed by atoms with Crippen molar-refractivity contribution in [2.75, 3.05) is 0 Å². The predicted molar refractivity (Wildman–Crippen MR) is 59.6 cm³/mol. The Morgan fingerprint density at radius 1 is 1.31 bits per heavy atom. The van der Waals surface area contributed by atoms with Gasteiger partial charge in [0.1, 0.15) is 6.61 Å². The van der Waals surface area contributed by atoms with Gasteiger partial charge in [-0.3, -0.25) is 4.79 Å². The minimum atomic E-state index is -0.511. The average Bonchev–Trinajstić information content (AvgIpc) is 2.74. The van der Waals surface area contributed by atoms with Gasteiger partial charge >= 0.3 is 5.97 Å². The van der Waals surface area contributed by atoms with Crippen LogP contribution in [-0.4, -0.2) is 17.2 Å². The molecule has 2 atom stereocenters. The van der Waals surface area contributed by atoms with Crippen LogP contribution in [0.15, 0.2) is 30.3 Å². The highest BCUT2D eigenvalue weighted by molar-refractivity contribution is 5.73. The lowest BCUT2D eigenvalue weighted by Crippen LogP contribution is -2.24. The highest BCUT2D eigenvalue weighted by Gasteiger charge is 2.32. The van der Waals surface area contributed by atoms with Crippen LogP contribution in [0.2, 0.25) is 0 Å². The van der Waals surface area contributed by atoms with E-state index in [-0.39, 0.29) is 11.9 Å². The van der Waals surface area contributed by atoms with E-state index in [1.165, 1.54) is 0 Å². The van der Waals surface area contributed by atoms with Crippen molar-refractivity contribution >= 4 is 5.97 Å². The van der Waals surface area contributed by atoms with Crippen molar-refractivity contribution < 1.29 is 14.6 Å². The fourth-order valence-corrected chi connectivity index (χ4v) is 2.05. The molecule has 1 aliphatic rings. The summed E-state index contributed by atoms with van der Waals surface area (Å²) in [5, 5.41) is 9.56. The molecule has 0 bridgehead atoms. The molecule has 1 aromatic rings. The lowest BCUT2D eigenvalue weighted by atomic mass is 10.1. The van der Waals surface area contributed by atoms with Gasteiger partial charge in [-0.1, -0.05) is 30.3 Å². The van der Waals surface area contributed by atoms with Gasteiger partial charge in [-0.15, -0.1) is 0 Å². The van der Waals surface area contributed by atoms with Crippen LogP contribution in [-0.2, 0) is 16.1 Å². The number of hydrogen-bond donors (Lipinski definition) is 1. The predicted octanol–water partition coefficient (Wildman–Crippen LogP) is 1.89. The van der Waals surface area contributed by atoms with Gasteiger partial charge in [-0.05, 0) is 24.8 Å². The van der Waals surface area contributed by atoms with E-state index < -0.39 is 6.10 Å². The summed E-state index contributed by atoms with van der Waals surface area (Å²) in [6.45, 7) is 0.295. The van der Waals surface area contributed by atoms with Gasteiger partial charge in [-0.2, -0.15) is 0 Å². The molecule has 16 heavy (non-hydrogen) atoms. The first-order chi connectivity index (χ1) is 7.77. The van der Waals surface area contributed by atoms with Gasteiger partial charge < -0.3 is 9.84 Å². The highest BCUT2D eigenvalue weighted by atomic mass is 16.5. The molecule has 3 nitrogen and oxygen atoms in total. The second-order valence-corrected chi connectivity index (χ2v) is 4.20. The molecule has 0 spiro atoms. The number of carbonyl (C=O) groups excluding carboxylic acids is 1. The third-order valence-electron chi connectivity index (χ3n) is 3.01. The van der Waals surface area contributed by atoms with E-state index >= 15 is 0 Å². The number of benzene rings is 1. The smallest absolute Gasteiger partial charge is 0.311 e. The van der Waals surface area contributed by atoms with Gasteiger partial charge in [0.15, 0.2) is 0 Å². The summed E-state index contributed by atoms with van der Waals surface area (Å²) in [6.07, 6.45) is 1.86. The van der Waals surface area contributed by atoms with E-state index in [4.69, 9.17) is 4.74 Å². The number of rotatable bonds is 3. The number of hydrogen-bond acceptors (Lipinski definition) is 3. The average molecular weight is 220 g/mol. The maximum Gasteiger partial charge on any atom is 0.311 e. The second-order valence-electron chi connectivity index (χ2n) is 4.20. The molecule has 1 aliphatic carbocycles. The Kier molecular flexibility index (Phi) is 3.57. The molecule has 1 N–H and O–H groups in total. The summed E-state index contributed by atoms with van der Waals surface area (Å²) in [5.41, 5.74) is 0.975. The lowest BCUT2D eigenvalue weighted by molar-refractivity contribution is -0.152. The first-order valence-corrected chi connectivity index (χ1v) is 5.66. The minimum Gasteiger partial charge on any atom is -0.461 e. The van der Waals surface area contributed by atoms with E-state index in [0.717, 1.165) is 18.4 Å².